The maximum Gasteiger partial charge on any atom is 0.226 e. The van der Waals surface area contributed by atoms with Crippen LogP contribution in [-0.2, 0) is 9.53 Å². The summed E-state index contributed by atoms with van der Waals surface area (Å²) in [7, 11) is 0. The second kappa shape index (κ2) is 6.36. The van der Waals surface area contributed by atoms with Crippen LogP contribution in [0.3, 0.4) is 0 Å². The Kier molecular flexibility index (Phi) is 5.40. The van der Waals surface area contributed by atoms with Gasteiger partial charge in [-0.2, -0.15) is 0 Å². The lowest BCUT2D eigenvalue weighted by Crippen LogP contribution is -2.38. The number of rotatable bonds is 5. The zero-order chi connectivity index (χ0) is 13.0. The third-order valence-corrected chi connectivity index (χ3v) is 3.79. The Morgan fingerprint density at radius 3 is 2.47 bits per heavy atom. The number of carbonyl (C=O) groups excluding carboxylic acids is 1. The van der Waals surface area contributed by atoms with Gasteiger partial charge in [-0.15, -0.1) is 0 Å². The molecular weight excluding hydrogens is 218 g/mol. The Labute approximate surface area is 104 Å². The number of aliphatic hydroxyl groups excluding tert-OH is 1. The molecule has 1 amide bonds. The SMILES string of the molecule is CCC(O)CCNC(=O)C1C(C)OC(C)C1C. The maximum atomic E-state index is 12.0. The van der Waals surface area contributed by atoms with Crippen molar-refractivity contribution in [2.24, 2.45) is 11.8 Å². The molecule has 1 rings (SSSR count). The largest absolute Gasteiger partial charge is 0.393 e. The highest BCUT2D eigenvalue weighted by Gasteiger charge is 2.41. The van der Waals surface area contributed by atoms with E-state index in [-0.39, 0.29) is 36.1 Å². The number of aliphatic hydroxyl groups is 1. The first-order chi connectivity index (χ1) is 7.97. The summed E-state index contributed by atoms with van der Waals surface area (Å²) < 4.78 is 5.65. The van der Waals surface area contributed by atoms with Gasteiger partial charge in [-0.25, -0.2) is 0 Å². The van der Waals surface area contributed by atoms with E-state index in [0.717, 1.165) is 6.42 Å². The zero-order valence-corrected chi connectivity index (χ0v) is 11.3. The van der Waals surface area contributed by atoms with Crippen molar-refractivity contribution in [3.63, 3.8) is 0 Å². The number of nitrogens with one attached hydrogen (secondary N) is 1. The molecule has 100 valence electrons. The topological polar surface area (TPSA) is 58.6 Å². The van der Waals surface area contributed by atoms with Crippen LogP contribution in [0.2, 0.25) is 0 Å². The average molecular weight is 243 g/mol. The fourth-order valence-corrected chi connectivity index (χ4v) is 2.40. The molecule has 0 aromatic heterocycles. The van der Waals surface area contributed by atoms with Gasteiger partial charge in [0.2, 0.25) is 5.91 Å². The van der Waals surface area contributed by atoms with Gasteiger partial charge >= 0.3 is 0 Å². The molecule has 1 saturated heterocycles. The lowest BCUT2D eigenvalue weighted by Gasteiger charge is -2.18. The molecular formula is C13H25NO3. The predicted molar refractivity (Wildman–Crippen MR) is 66.6 cm³/mol. The van der Waals surface area contributed by atoms with Crippen molar-refractivity contribution in [3.8, 4) is 0 Å². The van der Waals surface area contributed by atoms with Crippen LogP contribution in [0.5, 0.6) is 0 Å². The Hall–Kier alpha value is -0.610. The highest BCUT2D eigenvalue weighted by Crippen LogP contribution is 2.32. The molecule has 0 spiro atoms. The van der Waals surface area contributed by atoms with Gasteiger partial charge in [0.15, 0.2) is 0 Å². The fourth-order valence-electron chi connectivity index (χ4n) is 2.40. The van der Waals surface area contributed by atoms with Crippen molar-refractivity contribution < 1.29 is 14.6 Å². The van der Waals surface area contributed by atoms with Gasteiger partial charge in [0.05, 0.1) is 24.2 Å². The highest BCUT2D eigenvalue weighted by atomic mass is 16.5. The summed E-state index contributed by atoms with van der Waals surface area (Å²) in [5.74, 6) is 0.238. The monoisotopic (exact) mass is 243 g/mol. The molecule has 0 radical (unpaired) electrons. The van der Waals surface area contributed by atoms with E-state index in [0.29, 0.717) is 13.0 Å². The molecule has 1 heterocycles. The van der Waals surface area contributed by atoms with E-state index in [1.54, 1.807) is 0 Å². The second-order valence-electron chi connectivity index (χ2n) is 5.07. The van der Waals surface area contributed by atoms with Crippen LogP contribution in [0.25, 0.3) is 0 Å². The van der Waals surface area contributed by atoms with Crippen molar-refractivity contribution in [1.82, 2.24) is 5.32 Å². The molecule has 17 heavy (non-hydrogen) atoms. The minimum atomic E-state index is -0.316. The van der Waals surface area contributed by atoms with Crippen LogP contribution >= 0.6 is 0 Å². The lowest BCUT2D eigenvalue weighted by atomic mass is 9.89. The third kappa shape index (κ3) is 3.68. The summed E-state index contributed by atoms with van der Waals surface area (Å²) >= 11 is 0. The van der Waals surface area contributed by atoms with Crippen molar-refractivity contribution in [2.45, 2.75) is 58.8 Å². The maximum absolute atomic E-state index is 12.0. The molecule has 0 bridgehead atoms. The second-order valence-corrected chi connectivity index (χ2v) is 5.07. The van der Waals surface area contributed by atoms with Crippen LogP contribution in [0.4, 0.5) is 0 Å². The third-order valence-electron chi connectivity index (χ3n) is 3.79. The highest BCUT2D eigenvalue weighted by molar-refractivity contribution is 5.79. The first-order valence-corrected chi connectivity index (χ1v) is 6.58. The Balaban J connectivity index is 2.37. The van der Waals surface area contributed by atoms with E-state index in [1.165, 1.54) is 0 Å². The van der Waals surface area contributed by atoms with Gasteiger partial charge in [0.25, 0.3) is 0 Å². The normalized spacial score (nSPS) is 34.6. The molecule has 0 aromatic rings. The smallest absolute Gasteiger partial charge is 0.226 e. The first kappa shape index (κ1) is 14.5. The van der Waals surface area contributed by atoms with E-state index in [2.05, 4.69) is 12.2 Å². The summed E-state index contributed by atoms with van der Waals surface area (Å²) in [5.41, 5.74) is 0. The molecule has 4 heteroatoms. The van der Waals surface area contributed by atoms with Crippen LogP contribution in [0.15, 0.2) is 0 Å². The minimum absolute atomic E-state index is 0.0175. The van der Waals surface area contributed by atoms with Crippen LogP contribution in [-0.4, -0.2) is 35.9 Å². The summed E-state index contributed by atoms with van der Waals surface area (Å²) in [4.78, 5) is 12.0. The van der Waals surface area contributed by atoms with Crippen molar-refractivity contribution >= 4 is 5.91 Å². The number of carbonyl (C=O) groups is 1. The van der Waals surface area contributed by atoms with E-state index >= 15 is 0 Å². The molecule has 0 saturated carbocycles. The molecule has 0 aliphatic carbocycles. The zero-order valence-electron chi connectivity index (χ0n) is 11.3. The Morgan fingerprint density at radius 2 is 2.00 bits per heavy atom. The van der Waals surface area contributed by atoms with Gasteiger partial charge < -0.3 is 15.2 Å². The van der Waals surface area contributed by atoms with Crippen molar-refractivity contribution in [3.05, 3.63) is 0 Å². The van der Waals surface area contributed by atoms with Crippen molar-refractivity contribution in [1.29, 1.82) is 0 Å². The molecule has 5 unspecified atom stereocenters. The Morgan fingerprint density at radius 1 is 1.35 bits per heavy atom. The summed E-state index contributed by atoms with van der Waals surface area (Å²) in [6, 6.07) is 0. The number of ether oxygens (including phenoxy) is 1. The van der Waals surface area contributed by atoms with Gasteiger partial charge in [0.1, 0.15) is 0 Å². The molecule has 2 N–H and O–H groups in total. The van der Waals surface area contributed by atoms with Crippen LogP contribution in [0.1, 0.15) is 40.5 Å². The van der Waals surface area contributed by atoms with Crippen LogP contribution < -0.4 is 5.32 Å². The molecule has 4 nitrogen and oxygen atoms in total. The molecule has 1 fully saturated rings. The number of hydrogen-bond donors (Lipinski definition) is 2. The summed E-state index contributed by atoms with van der Waals surface area (Å²) in [5, 5.41) is 12.3. The van der Waals surface area contributed by atoms with E-state index in [1.807, 2.05) is 20.8 Å². The molecule has 1 aliphatic heterocycles. The van der Waals surface area contributed by atoms with Gasteiger partial charge in [-0.3, -0.25) is 4.79 Å². The number of amides is 1. The summed E-state index contributed by atoms with van der Waals surface area (Å²) in [6.45, 7) is 8.49. The van der Waals surface area contributed by atoms with E-state index < -0.39 is 0 Å². The average Bonchev–Trinajstić information content (AvgIpc) is 2.52. The van der Waals surface area contributed by atoms with Gasteiger partial charge in [0, 0.05) is 6.54 Å². The molecule has 5 atom stereocenters. The van der Waals surface area contributed by atoms with E-state index in [9.17, 15) is 9.90 Å². The predicted octanol–water partition coefficient (Wildman–Crippen LogP) is 1.32. The molecule has 1 aliphatic rings. The Bertz CT molecular complexity index is 257. The number of hydrogen-bond acceptors (Lipinski definition) is 3. The fraction of sp³-hybridized carbons (Fsp3) is 0.923. The quantitative estimate of drug-likeness (QED) is 0.765. The standard InChI is InChI=1S/C13H25NO3/c1-5-11(15)6-7-14-13(16)12-8(2)9(3)17-10(12)4/h8-12,15H,5-7H2,1-4H3,(H,14,16). The minimum Gasteiger partial charge on any atom is -0.393 e. The molecule has 0 aromatic carbocycles. The summed E-state index contributed by atoms with van der Waals surface area (Å²) in [6.07, 6.45) is 1.15. The lowest BCUT2D eigenvalue weighted by molar-refractivity contribution is -0.127. The first-order valence-electron chi connectivity index (χ1n) is 6.58. The van der Waals surface area contributed by atoms with Gasteiger partial charge in [-0.05, 0) is 32.6 Å². The van der Waals surface area contributed by atoms with Gasteiger partial charge in [-0.1, -0.05) is 13.8 Å². The van der Waals surface area contributed by atoms with Crippen LogP contribution in [0, 0.1) is 11.8 Å². The van der Waals surface area contributed by atoms with E-state index in [4.69, 9.17) is 4.74 Å². The van der Waals surface area contributed by atoms with Crippen molar-refractivity contribution in [2.75, 3.05) is 6.54 Å².